The van der Waals surface area contributed by atoms with Gasteiger partial charge in [-0.15, -0.1) is 0 Å². The van der Waals surface area contributed by atoms with Crippen LogP contribution < -0.4 is 14.8 Å². The first-order chi connectivity index (χ1) is 8.15. The maximum Gasteiger partial charge on any atom is 0.196 e. The summed E-state index contributed by atoms with van der Waals surface area (Å²) in [6.07, 6.45) is 0. The highest BCUT2D eigenvalue weighted by Gasteiger charge is 2.19. The molecule has 1 aromatic rings. The van der Waals surface area contributed by atoms with E-state index in [1.165, 1.54) is 20.3 Å². The molecule has 0 bridgehead atoms. The lowest BCUT2D eigenvalue weighted by Crippen LogP contribution is -2.27. The number of hydrogen-bond acceptors (Lipinski definition) is 4. The molecule has 0 saturated carbocycles. The van der Waals surface area contributed by atoms with E-state index < -0.39 is 5.82 Å². The zero-order valence-electron chi connectivity index (χ0n) is 10.1. The predicted octanol–water partition coefficient (Wildman–Crippen LogP) is 1.58. The van der Waals surface area contributed by atoms with Crippen molar-refractivity contribution in [3.05, 3.63) is 23.5 Å². The third-order valence-corrected chi connectivity index (χ3v) is 2.61. The Morgan fingerprint density at radius 1 is 1.35 bits per heavy atom. The topological polar surface area (TPSA) is 42.8 Å². The van der Waals surface area contributed by atoms with Crippen molar-refractivity contribution >= 4 is 5.84 Å². The molecule has 2 rings (SSSR count). The molecule has 5 heteroatoms. The number of aliphatic imine (C=N–C) groups is 1. The van der Waals surface area contributed by atoms with Gasteiger partial charge in [-0.2, -0.15) is 0 Å². The number of amidine groups is 1. The zero-order valence-corrected chi connectivity index (χ0v) is 10.1. The van der Waals surface area contributed by atoms with Crippen LogP contribution in [0.25, 0.3) is 0 Å². The second-order valence-electron chi connectivity index (χ2n) is 3.93. The Kier molecular flexibility index (Phi) is 3.17. The highest BCUT2D eigenvalue weighted by molar-refractivity contribution is 6.00. The van der Waals surface area contributed by atoms with Crippen molar-refractivity contribution < 1.29 is 13.9 Å². The van der Waals surface area contributed by atoms with Crippen molar-refractivity contribution in [2.24, 2.45) is 4.99 Å². The molecule has 1 heterocycles. The van der Waals surface area contributed by atoms with E-state index in [1.807, 2.05) is 6.92 Å². The Hall–Kier alpha value is -1.78. The number of hydrogen-bond donors (Lipinski definition) is 1. The summed E-state index contributed by atoms with van der Waals surface area (Å²) in [5, 5.41) is 3.17. The van der Waals surface area contributed by atoms with Gasteiger partial charge in [0, 0.05) is 11.6 Å². The van der Waals surface area contributed by atoms with Crippen LogP contribution in [0, 0.1) is 5.82 Å². The number of halogens is 1. The van der Waals surface area contributed by atoms with E-state index >= 15 is 0 Å². The van der Waals surface area contributed by atoms with Gasteiger partial charge in [0.25, 0.3) is 0 Å². The van der Waals surface area contributed by atoms with E-state index in [0.29, 0.717) is 23.7 Å². The lowest BCUT2D eigenvalue weighted by molar-refractivity contribution is 0.337. The maximum absolute atomic E-state index is 13.8. The van der Waals surface area contributed by atoms with E-state index in [2.05, 4.69) is 10.3 Å². The summed E-state index contributed by atoms with van der Waals surface area (Å²) < 4.78 is 23.8. The quantitative estimate of drug-likeness (QED) is 0.869. The molecule has 1 aliphatic heterocycles. The summed E-state index contributed by atoms with van der Waals surface area (Å²) in [5.41, 5.74) is 0.671. The van der Waals surface area contributed by atoms with Crippen molar-refractivity contribution in [1.82, 2.24) is 5.32 Å². The summed E-state index contributed by atoms with van der Waals surface area (Å²) in [5.74, 6) is 0.720. The Balaban J connectivity index is 2.40. The molecule has 0 saturated heterocycles. The minimum atomic E-state index is -0.453. The van der Waals surface area contributed by atoms with Crippen LogP contribution in [0.15, 0.2) is 17.1 Å². The fraction of sp³-hybridized carbons (Fsp3) is 0.417. The van der Waals surface area contributed by atoms with Gasteiger partial charge in [-0.05, 0) is 19.1 Å². The third-order valence-electron chi connectivity index (χ3n) is 2.61. The number of methoxy groups -OCH3 is 2. The number of nitrogens with zero attached hydrogens (tertiary/aromatic N) is 1. The van der Waals surface area contributed by atoms with Gasteiger partial charge in [0.15, 0.2) is 17.3 Å². The standard InChI is InChI=1S/C12H15FN2O2/c1-7-6-14-12(15-7)8-4-9(13)11(17-3)10(5-8)16-2/h4-5,7H,6H2,1-3H3,(H,14,15). The lowest BCUT2D eigenvalue weighted by Gasteiger charge is -2.12. The van der Waals surface area contributed by atoms with Crippen LogP contribution in [0.3, 0.4) is 0 Å². The number of benzene rings is 1. The SMILES string of the molecule is COc1cc(C2=NCC(C)N2)cc(F)c1OC. The summed E-state index contributed by atoms with van der Waals surface area (Å²) in [6, 6.07) is 3.39. The van der Waals surface area contributed by atoms with E-state index in [9.17, 15) is 4.39 Å². The van der Waals surface area contributed by atoms with Crippen LogP contribution in [-0.4, -0.2) is 32.6 Å². The van der Waals surface area contributed by atoms with Gasteiger partial charge in [-0.1, -0.05) is 0 Å². The lowest BCUT2D eigenvalue weighted by atomic mass is 10.1. The molecular weight excluding hydrogens is 223 g/mol. The minimum Gasteiger partial charge on any atom is -0.493 e. The maximum atomic E-state index is 13.8. The van der Waals surface area contributed by atoms with Gasteiger partial charge in [0.2, 0.25) is 0 Å². The number of ether oxygens (including phenoxy) is 2. The molecule has 1 aliphatic rings. The first-order valence-corrected chi connectivity index (χ1v) is 5.38. The van der Waals surface area contributed by atoms with Gasteiger partial charge in [-0.3, -0.25) is 4.99 Å². The molecule has 0 aromatic heterocycles. The first kappa shape index (κ1) is 11.7. The van der Waals surface area contributed by atoms with Gasteiger partial charge in [-0.25, -0.2) is 4.39 Å². The fourth-order valence-electron chi connectivity index (χ4n) is 1.78. The molecule has 0 spiro atoms. The van der Waals surface area contributed by atoms with E-state index in [1.54, 1.807) is 6.07 Å². The van der Waals surface area contributed by atoms with Crippen molar-refractivity contribution in [1.29, 1.82) is 0 Å². The van der Waals surface area contributed by atoms with Crippen molar-refractivity contribution in [3.8, 4) is 11.5 Å². The van der Waals surface area contributed by atoms with Gasteiger partial charge < -0.3 is 14.8 Å². The monoisotopic (exact) mass is 238 g/mol. The van der Waals surface area contributed by atoms with E-state index in [0.717, 1.165) is 0 Å². The second kappa shape index (κ2) is 4.61. The third kappa shape index (κ3) is 2.18. The van der Waals surface area contributed by atoms with E-state index in [-0.39, 0.29) is 11.8 Å². The predicted molar refractivity (Wildman–Crippen MR) is 63.5 cm³/mol. The summed E-state index contributed by atoms with van der Waals surface area (Å²) in [7, 11) is 2.89. The molecule has 1 N–H and O–H groups in total. The second-order valence-corrected chi connectivity index (χ2v) is 3.93. The smallest absolute Gasteiger partial charge is 0.196 e. The highest BCUT2D eigenvalue weighted by atomic mass is 19.1. The van der Waals surface area contributed by atoms with Crippen LogP contribution in [0.5, 0.6) is 11.5 Å². The van der Waals surface area contributed by atoms with E-state index in [4.69, 9.17) is 9.47 Å². The number of rotatable bonds is 3. The van der Waals surface area contributed by atoms with Crippen LogP contribution in [-0.2, 0) is 0 Å². The van der Waals surface area contributed by atoms with Crippen LogP contribution in [0.2, 0.25) is 0 Å². The Labute approximate surface area is 99.5 Å². The van der Waals surface area contributed by atoms with Crippen molar-refractivity contribution in [2.45, 2.75) is 13.0 Å². The summed E-state index contributed by atoms with van der Waals surface area (Å²) >= 11 is 0. The molecule has 1 aromatic carbocycles. The molecule has 0 radical (unpaired) electrons. The molecule has 1 unspecified atom stereocenters. The zero-order chi connectivity index (χ0) is 12.4. The Bertz CT molecular complexity index is 460. The Morgan fingerprint density at radius 2 is 2.12 bits per heavy atom. The average molecular weight is 238 g/mol. The first-order valence-electron chi connectivity index (χ1n) is 5.38. The van der Waals surface area contributed by atoms with Gasteiger partial charge in [0.05, 0.1) is 20.8 Å². The molecular formula is C12H15FN2O2. The molecule has 17 heavy (non-hydrogen) atoms. The molecule has 4 nitrogen and oxygen atoms in total. The molecule has 1 atom stereocenters. The van der Waals surface area contributed by atoms with Gasteiger partial charge >= 0.3 is 0 Å². The molecule has 92 valence electrons. The van der Waals surface area contributed by atoms with Crippen molar-refractivity contribution in [3.63, 3.8) is 0 Å². The molecule has 0 fully saturated rings. The van der Waals surface area contributed by atoms with Gasteiger partial charge in [0.1, 0.15) is 5.84 Å². The molecule has 0 aliphatic carbocycles. The average Bonchev–Trinajstić information content (AvgIpc) is 2.74. The molecule has 0 amide bonds. The van der Waals surface area contributed by atoms with Crippen LogP contribution >= 0.6 is 0 Å². The van der Waals surface area contributed by atoms with Crippen molar-refractivity contribution in [2.75, 3.05) is 20.8 Å². The van der Waals surface area contributed by atoms with Crippen LogP contribution in [0.4, 0.5) is 4.39 Å². The minimum absolute atomic E-state index is 0.114. The summed E-state index contributed by atoms with van der Waals surface area (Å²) in [6.45, 7) is 2.72. The largest absolute Gasteiger partial charge is 0.493 e. The van der Waals surface area contributed by atoms with Crippen LogP contribution in [0.1, 0.15) is 12.5 Å². The number of nitrogens with one attached hydrogen (secondary N) is 1. The summed E-state index contributed by atoms with van der Waals surface area (Å²) in [4.78, 5) is 4.30. The normalized spacial score (nSPS) is 18.6. The fourth-order valence-corrected chi connectivity index (χ4v) is 1.78. The Morgan fingerprint density at radius 3 is 2.65 bits per heavy atom. The highest BCUT2D eigenvalue weighted by Crippen LogP contribution is 2.31.